The van der Waals surface area contributed by atoms with E-state index in [4.69, 9.17) is 5.73 Å². The van der Waals surface area contributed by atoms with Crippen molar-refractivity contribution >= 4 is 39.7 Å². The number of anilines is 2. The topological polar surface area (TPSA) is 101 Å². The normalized spacial score (nSPS) is 21.1. The van der Waals surface area contributed by atoms with Crippen LogP contribution in [-0.2, 0) is 14.8 Å². The lowest BCUT2D eigenvalue weighted by molar-refractivity contribution is -0.117. The molecule has 4 N–H and O–H groups in total. The smallest absolute Gasteiger partial charge is 0.229 e. The first-order valence-electron chi connectivity index (χ1n) is 7.47. The van der Waals surface area contributed by atoms with Gasteiger partial charge in [0.2, 0.25) is 15.9 Å². The van der Waals surface area contributed by atoms with Crippen molar-refractivity contribution in [3.05, 3.63) is 24.3 Å². The Balaban J connectivity index is 0.00000264. The number of carbonyl (C=O) groups is 1. The van der Waals surface area contributed by atoms with Crippen LogP contribution in [0.2, 0.25) is 0 Å². The maximum atomic E-state index is 12.2. The molecule has 0 bridgehead atoms. The zero-order chi connectivity index (χ0) is 16.2. The van der Waals surface area contributed by atoms with E-state index >= 15 is 0 Å². The Morgan fingerprint density at radius 1 is 1.22 bits per heavy atom. The Bertz CT molecular complexity index is 637. The number of benzene rings is 1. The summed E-state index contributed by atoms with van der Waals surface area (Å²) in [5, 5.41) is 2.78. The van der Waals surface area contributed by atoms with Crippen LogP contribution < -0.4 is 15.8 Å². The van der Waals surface area contributed by atoms with Gasteiger partial charge in [0.1, 0.15) is 0 Å². The molecule has 1 fully saturated rings. The monoisotopic (exact) mass is 361 g/mol. The second kappa shape index (κ2) is 8.52. The average molecular weight is 362 g/mol. The molecule has 1 amide bonds. The molecule has 2 rings (SSSR count). The minimum Gasteiger partial charge on any atom is -0.327 e. The van der Waals surface area contributed by atoms with Crippen molar-refractivity contribution in [1.82, 2.24) is 0 Å². The summed E-state index contributed by atoms with van der Waals surface area (Å²) in [5.41, 5.74) is 6.89. The molecule has 0 aromatic heterocycles. The van der Waals surface area contributed by atoms with Crippen molar-refractivity contribution in [2.24, 2.45) is 11.7 Å². The number of hydrogen-bond acceptors (Lipinski definition) is 4. The van der Waals surface area contributed by atoms with E-state index in [2.05, 4.69) is 10.0 Å². The minimum absolute atomic E-state index is 0. The molecule has 1 aromatic carbocycles. The number of halogens is 1. The van der Waals surface area contributed by atoms with Gasteiger partial charge in [0.25, 0.3) is 0 Å². The standard InChI is InChI=1S/C15H23N3O3S.ClH/c1-22(20,21)18-14-9-5-4-8-13(14)17-15(19)10-11-6-2-3-7-12(11)16;/h4-5,8-9,11-12,18H,2-3,6-7,10,16H2,1H3,(H,17,19);1H. The van der Waals surface area contributed by atoms with Crippen LogP contribution in [-0.4, -0.2) is 26.6 Å². The SMILES string of the molecule is CS(=O)(=O)Nc1ccccc1NC(=O)CC1CCCCC1N.Cl. The molecule has 0 heterocycles. The van der Waals surface area contributed by atoms with Crippen LogP contribution in [0.15, 0.2) is 24.3 Å². The third kappa shape index (κ3) is 6.37. The summed E-state index contributed by atoms with van der Waals surface area (Å²) in [6.07, 6.45) is 5.61. The zero-order valence-corrected chi connectivity index (χ0v) is 14.8. The van der Waals surface area contributed by atoms with Gasteiger partial charge in [0.05, 0.1) is 17.6 Å². The molecular formula is C15H24ClN3O3S. The molecule has 6 nitrogen and oxygen atoms in total. The third-order valence-electron chi connectivity index (χ3n) is 3.91. The highest BCUT2D eigenvalue weighted by molar-refractivity contribution is 7.92. The van der Waals surface area contributed by atoms with Crippen LogP contribution >= 0.6 is 12.4 Å². The van der Waals surface area contributed by atoms with Gasteiger partial charge in [0, 0.05) is 12.5 Å². The van der Waals surface area contributed by atoms with Gasteiger partial charge in [-0.25, -0.2) is 8.42 Å². The maximum absolute atomic E-state index is 12.2. The number of hydrogen-bond donors (Lipinski definition) is 3. The summed E-state index contributed by atoms with van der Waals surface area (Å²) >= 11 is 0. The fraction of sp³-hybridized carbons (Fsp3) is 0.533. The number of amides is 1. The van der Waals surface area contributed by atoms with Crippen molar-refractivity contribution in [3.63, 3.8) is 0 Å². The Kier molecular flexibility index (Phi) is 7.31. The van der Waals surface area contributed by atoms with Gasteiger partial charge in [-0.1, -0.05) is 25.0 Å². The lowest BCUT2D eigenvalue weighted by Gasteiger charge is -2.28. The van der Waals surface area contributed by atoms with Crippen molar-refractivity contribution < 1.29 is 13.2 Å². The molecule has 130 valence electrons. The van der Waals surface area contributed by atoms with E-state index in [9.17, 15) is 13.2 Å². The molecule has 1 saturated carbocycles. The summed E-state index contributed by atoms with van der Waals surface area (Å²) in [6, 6.07) is 6.81. The number of sulfonamides is 1. The highest BCUT2D eigenvalue weighted by atomic mass is 35.5. The summed E-state index contributed by atoms with van der Waals surface area (Å²) in [5.74, 6) is 0.0638. The first-order chi connectivity index (χ1) is 10.3. The minimum atomic E-state index is -3.39. The van der Waals surface area contributed by atoms with Crippen LogP contribution in [0.4, 0.5) is 11.4 Å². The molecule has 2 unspecified atom stereocenters. The highest BCUT2D eigenvalue weighted by Crippen LogP contribution is 2.27. The average Bonchev–Trinajstić information content (AvgIpc) is 2.42. The Morgan fingerprint density at radius 3 is 2.43 bits per heavy atom. The van der Waals surface area contributed by atoms with Gasteiger partial charge in [-0.2, -0.15) is 0 Å². The second-order valence-electron chi connectivity index (χ2n) is 5.88. The van der Waals surface area contributed by atoms with E-state index in [-0.39, 0.29) is 30.3 Å². The molecule has 23 heavy (non-hydrogen) atoms. The quantitative estimate of drug-likeness (QED) is 0.749. The van der Waals surface area contributed by atoms with E-state index in [1.807, 2.05) is 0 Å². The van der Waals surface area contributed by atoms with Crippen molar-refractivity contribution in [2.75, 3.05) is 16.3 Å². The van der Waals surface area contributed by atoms with Crippen LogP contribution in [0.25, 0.3) is 0 Å². The molecule has 1 aliphatic rings. The van der Waals surface area contributed by atoms with Crippen LogP contribution in [0.5, 0.6) is 0 Å². The fourth-order valence-corrected chi connectivity index (χ4v) is 3.39. The van der Waals surface area contributed by atoms with Crippen LogP contribution in [0.3, 0.4) is 0 Å². The maximum Gasteiger partial charge on any atom is 0.229 e. The van der Waals surface area contributed by atoms with Gasteiger partial charge in [0.15, 0.2) is 0 Å². The molecular weight excluding hydrogens is 338 g/mol. The van der Waals surface area contributed by atoms with Crippen LogP contribution in [0.1, 0.15) is 32.1 Å². The van der Waals surface area contributed by atoms with E-state index < -0.39 is 10.0 Å². The molecule has 1 aliphatic carbocycles. The largest absolute Gasteiger partial charge is 0.327 e. The van der Waals surface area contributed by atoms with E-state index in [1.54, 1.807) is 24.3 Å². The highest BCUT2D eigenvalue weighted by Gasteiger charge is 2.24. The summed E-state index contributed by atoms with van der Waals surface area (Å²) in [4.78, 5) is 12.2. The number of rotatable bonds is 5. The van der Waals surface area contributed by atoms with Crippen molar-refractivity contribution in [1.29, 1.82) is 0 Å². The molecule has 0 aliphatic heterocycles. The predicted molar refractivity (Wildman–Crippen MR) is 95.3 cm³/mol. The lowest BCUT2D eigenvalue weighted by atomic mass is 9.83. The Labute approximate surface area is 143 Å². The van der Waals surface area contributed by atoms with Crippen molar-refractivity contribution in [2.45, 2.75) is 38.1 Å². The fourth-order valence-electron chi connectivity index (χ4n) is 2.81. The summed E-state index contributed by atoms with van der Waals surface area (Å²) in [7, 11) is -3.39. The van der Waals surface area contributed by atoms with Crippen LogP contribution in [0, 0.1) is 5.92 Å². The molecule has 0 radical (unpaired) electrons. The molecule has 8 heteroatoms. The number of carbonyl (C=O) groups excluding carboxylic acids is 1. The number of para-hydroxylation sites is 2. The van der Waals surface area contributed by atoms with Gasteiger partial charge in [-0.15, -0.1) is 12.4 Å². The first-order valence-corrected chi connectivity index (χ1v) is 9.36. The lowest BCUT2D eigenvalue weighted by Crippen LogP contribution is -2.35. The molecule has 2 atom stereocenters. The Hall–Kier alpha value is -1.31. The van der Waals surface area contributed by atoms with E-state index in [0.29, 0.717) is 17.8 Å². The van der Waals surface area contributed by atoms with Gasteiger partial charge >= 0.3 is 0 Å². The predicted octanol–water partition coefficient (Wildman–Crippen LogP) is 2.33. The van der Waals surface area contributed by atoms with E-state index in [1.165, 1.54) is 0 Å². The number of nitrogens with two attached hydrogens (primary N) is 1. The summed E-state index contributed by atoms with van der Waals surface area (Å²) < 4.78 is 25.1. The zero-order valence-electron chi connectivity index (χ0n) is 13.1. The van der Waals surface area contributed by atoms with Gasteiger partial charge < -0.3 is 11.1 Å². The summed E-state index contributed by atoms with van der Waals surface area (Å²) in [6.45, 7) is 0. The number of nitrogens with one attached hydrogen (secondary N) is 2. The third-order valence-corrected chi connectivity index (χ3v) is 4.50. The Morgan fingerprint density at radius 2 is 1.83 bits per heavy atom. The molecule has 1 aromatic rings. The van der Waals surface area contributed by atoms with Gasteiger partial charge in [-0.05, 0) is 30.9 Å². The molecule has 0 saturated heterocycles. The second-order valence-corrected chi connectivity index (χ2v) is 7.63. The van der Waals surface area contributed by atoms with Crippen molar-refractivity contribution in [3.8, 4) is 0 Å². The van der Waals surface area contributed by atoms with E-state index in [0.717, 1.165) is 31.9 Å². The molecule has 0 spiro atoms. The first kappa shape index (κ1) is 19.7. The van der Waals surface area contributed by atoms with Gasteiger partial charge in [-0.3, -0.25) is 9.52 Å².